The first-order valence-electron chi connectivity index (χ1n) is 7.32. The normalized spacial score (nSPS) is 38.4. The van der Waals surface area contributed by atoms with Crippen LogP contribution in [0.15, 0.2) is 0 Å². The second-order valence-electron chi connectivity index (χ2n) is 5.88. The van der Waals surface area contributed by atoms with Crippen LogP contribution in [0.5, 0.6) is 0 Å². The molecule has 5 nitrogen and oxygen atoms in total. The van der Waals surface area contributed by atoms with Crippen molar-refractivity contribution >= 4 is 9.84 Å². The minimum Gasteiger partial charge on any atom is -0.353 e. The molecule has 0 saturated carbocycles. The molecule has 3 heterocycles. The number of hydrogen-bond acceptors (Lipinski definition) is 5. The van der Waals surface area contributed by atoms with E-state index in [1.165, 1.54) is 6.42 Å². The van der Waals surface area contributed by atoms with Gasteiger partial charge in [-0.15, -0.1) is 0 Å². The van der Waals surface area contributed by atoms with E-state index in [0.717, 1.165) is 39.0 Å². The van der Waals surface area contributed by atoms with Crippen molar-refractivity contribution in [3.63, 3.8) is 0 Å². The predicted octanol–water partition coefficient (Wildman–Crippen LogP) is 0.648. The van der Waals surface area contributed by atoms with Crippen LogP contribution in [0.3, 0.4) is 0 Å². The molecule has 0 bridgehead atoms. The highest BCUT2D eigenvalue weighted by Gasteiger charge is 2.45. The monoisotopic (exact) mass is 289 g/mol. The third-order valence-corrected chi connectivity index (χ3v) is 6.80. The third kappa shape index (κ3) is 3.12. The summed E-state index contributed by atoms with van der Waals surface area (Å²) in [5.41, 5.74) is 0. The molecule has 3 rings (SSSR count). The van der Waals surface area contributed by atoms with Crippen molar-refractivity contribution in [2.75, 3.05) is 38.6 Å². The molecule has 3 fully saturated rings. The van der Waals surface area contributed by atoms with Crippen molar-refractivity contribution < 1.29 is 17.9 Å². The van der Waals surface area contributed by atoms with Gasteiger partial charge in [0, 0.05) is 26.2 Å². The Kier molecular flexibility index (Phi) is 4.12. The summed E-state index contributed by atoms with van der Waals surface area (Å²) in [6, 6.07) is 0. The van der Waals surface area contributed by atoms with Gasteiger partial charge in [0.05, 0.1) is 17.6 Å². The molecule has 0 aromatic heterocycles. The number of ether oxygens (including phenoxy) is 2. The van der Waals surface area contributed by atoms with Crippen LogP contribution < -0.4 is 0 Å². The zero-order valence-corrected chi connectivity index (χ0v) is 12.1. The van der Waals surface area contributed by atoms with E-state index in [1.54, 1.807) is 0 Å². The van der Waals surface area contributed by atoms with Crippen molar-refractivity contribution in [2.24, 2.45) is 5.92 Å². The highest BCUT2D eigenvalue weighted by atomic mass is 32.2. The maximum Gasteiger partial charge on any atom is 0.157 e. The molecule has 0 spiro atoms. The Bertz CT molecular complexity index is 405. The fourth-order valence-electron chi connectivity index (χ4n) is 3.42. The van der Waals surface area contributed by atoms with Gasteiger partial charge in [-0.25, -0.2) is 8.42 Å². The Balaban J connectivity index is 1.40. The summed E-state index contributed by atoms with van der Waals surface area (Å²) in [5.74, 6) is 0.749. The van der Waals surface area contributed by atoms with Crippen LogP contribution in [0.25, 0.3) is 0 Å². The fourth-order valence-corrected chi connectivity index (χ4v) is 5.60. The molecule has 0 amide bonds. The van der Waals surface area contributed by atoms with Crippen LogP contribution in [-0.4, -0.2) is 63.5 Å². The number of sulfone groups is 1. The van der Waals surface area contributed by atoms with Gasteiger partial charge >= 0.3 is 0 Å². The molecule has 3 saturated heterocycles. The van der Waals surface area contributed by atoms with E-state index in [2.05, 4.69) is 4.90 Å². The summed E-state index contributed by atoms with van der Waals surface area (Å²) in [7, 11) is -2.81. The average molecular weight is 289 g/mol. The molecule has 0 radical (unpaired) electrons. The molecule has 0 aromatic carbocycles. The lowest BCUT2D eigenvalue weighted by Crippen LogP contribution is -2.31. The Morgan fingerprint density at radius 1 is 1.21 bits per heavy atom. The summed E-state index contributed by atoms with van der Waals surface area (Å²) in [5, 5.41) is -0.113. The van der Waals surface area contributed by atoms with Crippen molar-refractivity contribution in [3.05, 3.63) is 0 Å². The minimum absolute atomic E-state index is 0.0421. The van der Waals surface area contributed by atoms with E-state index < -0.39 is 9.84 Å². The van der Waals surface area contributed by atoms with Gasteiger partial charge in [0.25, 0.3) is 0 Å². The highest BCUT2D eigenvalue weighted by molar-refractivity contribution is 7.92. The number of fused-ring (bicyclic) bond motifs is 1. The second-order valence-corrected chi connectivity index (χ2v) is 8.22. The standard InChI is InChI=1S/C13H23NO4S/c15-19(16)8-4-11-9-14(10-12(11)19)5-7-18-13-3-1-2-6-17-13/h11-13H,1-10H2/t11-,12+,13-/m0/s1. The predicted molar refractivity (Wildman–Crippen MR) is 71.7 cm³/mol. The molecular weight excluding hydrogens is 266 g/mol. The smallest absolute Gasteiger partial charge is 0.157 e. The number of nitrogens with zero attached hydrogens (tertiary/aromatic N) is 1. The first kappa shape index (κ1) is 13.8. The first-order chi connectivity index (χ1) is 9.15. The highest BCUT2D eigenvalue weighted by Crippen LogP contribution is 2.33. The molecule has 3 aliphatic rings. The summed E-state index contributed by atoms with van der Waals surface area (Å²) in [6.07, 6.45) is 4.10. The van der Waals surface area contributed by atoms with Crippen LogP contribution in [0.1, 0.15) is 25.7 Å². The van der Waals surface area contributed by atoms with Gasteiger partial charge in [-0.3, -0.25) is 4.90 Å². The summed E-state index contributed by atoms with van der Waals surface area (Å²) < 4.78 is 34.9. The van der Waals surface area contributed by atoms with Crippen LogP contribution in [0.2, 0.25) is 0 Å². The number of rotatable bonds is 4. The zero-order chi connectivity index (χ0) is 13.3. The fraction of sp³-hybridized carbons (Fsp3) is 1.00. The molecule has 0 unspecified atom stereocenters. The lowest BCUT2D eigenvalue weighted by atomic mass is 10.1. The molecule has 19 heavy (non-hydrogen) atoms. The Morgan fingerprint density at radius 3 is 2.84 bits per heavy atom. The number of likely N-dealkylation sites (tertiary alicyclic amines) is 1. The van der Waals surface area contributed by atoms with E-state index in [1.807, 2.05) is 0 Å². The maximum absolute atomic E-state index is 11.8. The molecule has 110 valence electrons. The quantitative estimate of drug-likeness (QED) is 0.760. The van der Waals surface area contributed by atoms with Crippen molar-refractivity contribution in [1.82, 2.24) is 4.90 Å². The van der Waals surface area contributed by atoms with Gasteiger partial charge < -0.3 is 9.47 Å². The lowest BCUT2D eigenvalue weighted by Gasteiger charge is -2.24. The maximum atomic E-state index is 11.8. The van der Waals surface area contributed by atoms with Gasteiger partial charge in [0.1, 0.15) is 0 Å². The van der Waals surface area contributed by atoms with E-state index >= 15 is 0 Å². The molecule has 0 aliphatic carbocycles. The van der Waals surface area contributed by atoms with Crippen molar-refractivity contribution in [2.45, 2.75) is 37.2 Å². The topological polar surface area (TPSA) is 55.8 Å². The third-order valence-electron chi connectivity index (χ3n) is 4.54. The van der Waals surface area contributed by atoms with E-state index in [0.29, 0.717) is 24.8 Å². The first-order valence-corrected chi connectivity index (χ1v) is 9.04. The Labute approximate surface area is 115 Å². The van der Waals surface area contributed by atoms with Gasteiger partial charge in [-0.1, -0.05) is 0 Å². The van der Waals surface area contributed by atoms with E-state index in [4.69, 9.17) is 9.47 Å². The van der Waals surface area contributed by atoms with Crippen molar-refractivity contribution in [1.29, 1.82) is 0 Å². The summed E-state index contributed by atoms with van der Waals surface area (Å²) >= 11 is 0. The van der Waals surface area contributed by atoms with Gasteiger partial charge in [0.15, 0.2) is 16.1 Å². The molecule has 3 atom stereocenters. The largest absolute Gasteiger partial charge is 0.353 e. The van der Waals surface area contributed by atoms with Crippen LogP contribution in [-0.2, 0) is 19.3 Å². The SMILES string of the molecule is O=S1(=O)CC[C@H]2CN(CCO[C@H]3CCCCO3)C[C@H]21. The van der Waals surface area contributed by atoms with Crippen LogP contribution in [0.4, 0.5) is 0 Å². The van der Waals surface area contributed by atoms with E-state index in [-0.39, 0.29) is 11.5 Å². The lowest BCUT2D eigenvalue weighted by molar-refractivity contribution is -0.163. The second kappa shape index (κ2) is 5.68. The molecule has 0 aromatic rings. The molecule has 3 aliphatic heterocycles. The van der Waals surface area contributed by atoms with Crippen molar-refractivity contribution in [3.8, 4) is 0 Å². The molecular formula is C13H23NO4S. The Morgan fingerprint density at radius 2 is 2.11 bits per heavy atom. The number of hydrogen-bond donors (Lipinski definition) is 0. The Hall–Kier alpha value is -0.170. The van der Waals surface area contributed by atoms with Crippen LogP contribution >= 0.6 is 0 Å². The summed E-state index contributed by atoms with van der Waals surface area (Å²) in [6.45, 7) is 3.88. The van der Waals surface area contributed by atoms with Gasteiger partial charge in [-0.05, 0) is 31.6 Å². The van der Waals surface area contributed by atoms with Crippen LogP contribution in [0, 0.1) is 5.92 Å². The zero-order valence-electron chi connectivity index (χ0n) is 11.3. The van der Waals surface area contributed by atoms with Gasteiger partial charge in [0.2, 0.25) is 0 Å². The molecule has 6 heteroatoms. The van der Waals surface area contributed by atoms with Gasteiger partial charge in [-0.2, -0.15) is 0 Å². The minimum atomic E-state index is -2.81. The summed E-state index contributed by atoms with van der Waals surface area (Å²) in [4.78, 5) is 2.23. The van der Waals surface area contributed by atoms with E-state index in [9.17, 15) is 8.42 Å². The molecule has 0 N–H and O–H groups in total. The average Bonchev–Trinajstić information content (AvgIpc) is 2.92.